The Hall–Kier alpha value is -1.06. The molecule has 1 amide bonds. The van der Waals surface area contributed by atoms with Crippen LogP contribution in [0.2, 0.25) is 0 Å². The van der Waals surface area contributed by atoms with Crippen LogP contribution >= 0.6 is 0 Å². The van der Waals surface area contributed by atoms with Crippen molar-refractivity contribution in [2.24, 2.45) is 35.0 Å². The zero-order valence-corrected chi connectivity index (χ0v) is 13.8. The van der Waals surface area contributed by atoms with E-state index in [1.54, 1.807) is 0 Å². The molecule has 5 unspecified atom stereocenters. The van der Waals surface area contributed by atoms with Gasteiger partial charge < -0.3 is 10.4 Å². The highest BCUT2D eigenvalue weighted by atomic mass is 16.4. The third-order valence-electron chi connectivity index (χ3n) is 5.73. The Balaban J connectivity index is 2.03. The van der Waals surface area contributed by atoms with Crippen LogP contribution in [0.1, 0.15) is 53.9 Å². The van der Waals surface area contributed by atoms with Crippen LogP contribution in [-0.2, 0) is 9.59 Å². The fraction of sp³-hybridized carbons (Fsp3) is 0.882. The van der Waals surface area contributed by atoms with Gasteiger partial charge in [-0.25, -0.2) is 0 Å². The Bertz CT molecular complexity index is 430. The molecule has 2 aliphatic carbocycles. The summed E-state index contributed by atoms with van der Waals surface area (Å²) in [6.45, 7) is 10.4. The van der Waals surface area contributed by atoms with Crippen molar-refractivity contribution >= 4 is 11.9 Å². The molecule has 0 aromatic rings. The SMILES string of the molecule is CC1CCC(C(C)C)C(NC(=O)C2C(C(=O)O)C2(C)C)C1. The van der Waals surface area contributed by atoms with Crippen molar-refractivity contribution in [3.63, 3.8) is 0 Å². The molecular formula is C17H29NO3. The van der Waals surface area contributed by atoms with Crippen LogP contribution in [0.4, 0.5) is 0 Å². The van der Waals surface area contributed by atoms with Crippen molar-refractivity contribution in [1.82, 2.24) is 5.32 Å². The minimum atomic E-state index is -0.849. The summed E-state index contributed by atoms with van der Waals surface area (Å²) in [6.07, 6.45) is 3.39. The van der Waals surface area contributed by atoms with E-state index in [2.05, 4.69) is 26.1 Å². The lowest BCUT2D eigenvalue weighted by Crippen LogP contribution is -2.46. The molecule has 4 heteroatoms. The van der Waals surface area contributed by atoms with E-state index >= 15 is 0 Å². The molecule has 0 saturated heterocycles. The van der Waals surface area contributed by atoms with E-state index in [9.17, 15) is 14.7 Å². The van der Waals surface area contributed by atoms with Crippen LogP contribution in [-0.4, -0.2) is 23.0 Å². The van der Waals surface area contributed by atoms with Crippen molar-refractivity contribution in [2.45, 2.75) is 59.9 Å². The van der Waals surface area contributed by atoms with E-state index < -0.39 is 17.3 Å². The second kappa shape index (κ2) is 5.62. The van der Waals surface area contributed by atoms with Gasteiger partial charge in [0.25, 0.3) is 0 Å². The third kappa shape index (κ3) is 3.09. The van der Waals surface area contributed by atoms with Crippen molar-refractivity contribution in [3.05, 3.63) is 0 Å². The van der Waals surface area contributed by atoms with E-state index in [4.69, 9.17) is 0 Å². The monoisotopic (exact) mass is 295 g/mol. The number of amides is 1. The number of carbonyl (C=O) groups is 2. The topological polar surface area (TPSA) is 66.4 Å². The van der Waals surface area contributed by atoms with E-state index in [1.165, 1.54) is 6.42 Å². The first-order valence-electron chi connectivity index (χ1n) is 8.19. The quantitative estimate of drug-likeness (QED) is 0.838. The molecule has 0 aromatic heterocycles. The lowest BCUT2D eigenvalue weighted by molar-refractivity contribution is -0.140. The van der Waals surface area contributed by atoms with Crippen LogP contribution < -0.4 is 5.32 Å². The molecule has 21 heavy (non-hydrogen) atoms. The van der Waals surface area contributed by atoms with Crippen LogP contribution in [0.15, 0.2) is 0 Å². The minimum Gasteiger partial charge on any atom is -0.481 e. The lowest BCUT2D eigenvalue weighted by Gasteiger charge is -2.38. The fourth-order valence-electron chi connectivity index (χ4n) is 4.23. The van der Waals surface area contributed by atoms with Crippen LogP contribution in [0.5, 0.6) is 0 Å². The van der Waals surface area contributed by atoms with Gasteiger partial charge in [0, 0.05) is 6.04 Å². The van der Waals surface area contributed by atoms with Gasteiger partial charge in [-0.05, 0) is 36.0 Å². The van der Waals surface area contributed by atoms with Gasteiger partial charge in [0.15, 0.2) is 0 Å². The number of rotatable bonds is 4. The molecule has 2 aliphatic rings. The molecule has 0 heterocycles. The van der Waals surface area contributed by atoms with E-state index in [0.29, 0.717) is 17.8 Å². The summed E-state index contributed by atoms with van der Waals surface area (Å²) >= 11 is 0. The van der Waals surface area contributed by atoms with Crippen LogP contribution in [0, 0.1) is 35.0 Å². The first-order valence-corrected chi connectivity index (χ1v) is 8.19. The molecule has 0 aliphatic heterocycles. The van der Waals surface area contributed by atoms with Gasteiger partial charge in [0.05, 0.1) is 11.8 Å². The zero-order chi connectivity index (χ0) is 15.9. The molecule has 0 spiro atoms. The molecule has 0 aromatic carbocycles. The minimum absolute atomic E-state index is 0.0582. The van der Waals surface area contributed by atoms with Crippen LogP contribution in [0.3, 0.4) is 0 Å². The third-order valence-corrected chi connectivity index (χ3v) is 5.73. The van der Waals surface area contributed by atoms with Crippen molar-refractivity contribution in [1.29, 1.82) is 0 Å². The molecule has 120 valence electrons. The summed E-state index contributed by atoms with van der Waals surface area (Å²) in [5, 5.41) is 12.4. The maximum absolute atomic E-state index is 12.5. The average Bonchev–Trinajstić information content (AvgIpc) is 2.92. The number of hydrogen-bond donors (Lipinski definition) is 2. The maximum Gasteiger partial charge on any atom is 0.307 e. The van der Waals surface area contributed by atoms with Crippen molar-refractivity contribution in [3.8, 4) is 0 Å². The van der Waals surface area contributed by atoms with Gasteiger partial charge in [-0.2, -0.15) is 0 Å². The predicted molar refractivity (Wildman–Crippen MR) is 81.7 cm³/mol. The average molecular weight is 295 g/mol. The first kappa shape index (κ1) is 16.3. The summed E-state index contributed by atoms with van der Waals surface area (Å²) in [7, 11) is 0. The Morgan fingerprint density at radius 1 is 1.19 bits per heavy atom. The molecular weight excluding hydrogens is 266 g/mol. The van der Waals surface area contributed by atoms with Gasteiger partial charge >= 0.3 is 5.97 Å². The van der Waals surface area contributed by atoms with Gasteiger partial charge in [-0.1, -0.05) is 41.0 Å². The highest BCUT2D eigenvalue weighted by molar-refractivity contribution is 5.91. The lowest BCUT2D eigenvalue weighted by atomic mass is 9.74. The molecule has 2 fully saturated rings. The summed E-state index contributed by atoms with van der Waals surface area (Å²) in [5.74, 6) is -0.126. The van der Waals surface area contributed by atoms with Gasteiger partial charge in [-0.15, -0.1) is 0 Å². The van der Waals surface area contributed by atoms with E-state index in [-0.39, 0.29) is 17.9 Å². The van der Waals surface area contributed by atoms with Gasteiger partial charge in [-0.3, -0.25) is 9.59 Å². The second-order valence-corrected chi connectivity index (χ2v) is 8.06. The number of hydrogen-bond acceptors (Lipinski definition) is 2. The number of carboxylic acids is 1. The fourth-order valence-corrected chi connectivity index (χ4v) is 4.23. The summed E-state index contributed by atoms with van der Waals surface area (Å²) in [5.41, 5.74) is -0.413. The largest absolute Gasteiger partial charge is 0.481 e. The standard InChI is InChI=1S/C17H29NO3/c1-9(2)11-7-6-10(3)8-12(11)18-15(19)13-14(16(20)21)17(13,4)5/h9-14H,6-8H2,1-5H3,(H,18,19)(H,20,21). The molecule has 2 saturated carbocycles. The molecule has 2 rings (SSSR count). The smallest absolute Gasteiger partial charge is 0.307 e. The number of aliphatic carboxylic acids is 1. The molecule has 0 radical (unpaired) electrons. The Morgan fingerprint density at radius 3 is 2.29 bits per heavy atom. The Labute approximate surface area is 127 Å². The van der Waals surface area contributed by atoms with E-state index in [0.717, 1.165) is 12.8 Å². The Kier molecular flexibility index (Phi) is 4.36. The number of carboxylic acid groups (broad SMARTS) is 1. The van der Waals surface area contributed by atoms with Crippen LogP contribution in [0.25, 0.3) is 0 Å². The maximum atomic E-state index is 12.5. The number of nitrogens with one attached hydrogen (secondary N) is 1. The molecule has 5 atom stereocenters. The summed E-state index contributed by atoms with van der Waals surface area (Å²) < 4.78 is 0. The van der Waals surface area contributed by atoms with Crippen molar-refractivity contribution < 1.29 is 14.7 Å². The highest BCUT2D eigenvalue weighted by Gasteiger charge is 2.66. The number of carbonyl (C=O) groups excluding carboxylic acids is 1. The first-order chi connectivity index (χ1) is 9.66. The van der Waals surface area contributed by atoms with Crippen molar-refractivity contribution in [2.75, 3.05) is 0 Å². The molecule has 0 bridgehead atoms. The zero-order valence-electron chi connectivity index (χ0n) is 13.8. The summed E-state index contributed by atoms with van der Waals surface area (Å²) in [6, 6.07) is 0.201. The van der Waals surface area contributed by atoms with Gasteiger partial charge in [0.1, 0.15) is 0 Å². The molecule has 2 N–H and O–H groups in total. The van der Waals surface area contributed by atoms with E-state index in [1.807, 2.05) is 13.8 Å². The normalized spacial score (nSPS) is 38.1. The molecule has 4 nitrogen and oxygen atoms in total. The summed E-state index contributed by atoms with van der Waals surface area (Å²) in [4.78, 5) is 23.7. The van der Waals surface area contributed by atoms with Gasteiger partial charge in [0.2, 0.25) is 5.91 Å². The predicted octanol–water partition coefficient (Wildman–Crippen LogP) is 2.92. The Morgan fingerprint density at radius 2 is 1.81 bits per heavy atom. The highest BCUT2D eigenvalue weighted by Crippen LogP contribution is 2.58. The second-order valence-electron chi connectivity index (χ2n) is 8.06.